The minimum absolute atomic E-state index is 0.0595. The molecule has 2 heterocycles. The Hall–Kier alpha value is -2.81. The number of thioether (sulfide) groups is 1. The van der Waals surface area contributed by atoms with Gasteiger partial charge in [0.1, 0.15) is 5.82 Å². The van der Waals surface area contributed by atoms with Crippen molar-refractivity contribution in [1.82, 2.24) is 14.9 Å². The molecule has 0 radical (unpaired) electrons. The monoisotopic (exact) mass is 333 g/mol. The van der Waals surface area contributed by atoms with E-state index in [0.717, 1.165) is 11.8 Å². The summed E-state index contributed by atoms with van der Waals surface area (Å²) in [6.07, 6.45) is 1.50. The molecule has 9 heteroatoms. The minimum Gasteiger partial charge on any atom is -0.461 e. The summed E-state index contributed by atoms with van der Waals surface area (Å²) in [4.78, 5) is 11.9. The largest absolute Gasteiger partial charge is 0.461 e. The number of nitrogens with zero attached hydrogens (tertiary/aromatic N) is 3. The Morgan fingerprint density at radius 2 is 2.22 bits per heavy atom. The molecule has 2 aromatic heterocycles. The SMILES string of the molecule is Nn1c(SCC(=O)Nc2cccc(F)c2)nnc1-c1ccco1. The molecule has 0 spiro atoms. The predicted molar refractivity (Wildman–Crippen MR) is 83.6 cm³/mol. The van der Waals surface area contributed by atoms with Gasteiger partial charge in [-0.1, -0.05) is 17.8 Å². The van der Waals surface area contributed by atoms with Crippen LogP contribution in [0.25, 0.3) is 11.6 Å². The number of anilines is 1. The molecule has 118 valence electrons. The van der Waals surface area contributed by atoms with Crippen LogP contribution in [0.4, 0.5) is 10.1 Å². The number of halogens is 1. The van der Waals surface area contributed by atoms with E-state index in [2.05, 4.69) is 15.5 Å². The van der Waals surface area contributed by atoms with Crippen molar-refractivity contribution in [3.05, 3.63) is 48.5 Å². The molecule has 0 saturated carbocycles. The van der Waals surface area contributed by atoms with Crippen LogP contribution >= 0.6 is 11.8 Å². The molecule has 0 fully saturated rings. The van der Waals surface area contributed by atoms with E-state index in [9.17, 15) is 9.18 Å². The van der Waals surface area contributed by atoms with Crippen LogP contribution in [0.5, 0.6) is 0 Å². The Kier molecular flexibility index (Phi) is 4.29. The lowest BCUT2D eigenvalue weighted by Crippen LogP contribution is -2.16. The third-order valence-electron chi connectivity index (χ3n) is 2.85. The lowest BCUT2D eigenvalue weighted by atomic mass is 10.3. The van der Waals surface area contributed by atoms with Gasteiger partial charge in [0.15, 0.2) is 5.76 Å². The molecule has 3 N–H and O–H groups in total. The molecular formula is C14H12FN5O2S. The first-order valence-electron chi connectivity index (χ1n) is 6.56. The highest BCUT2D eigenvalue weighted by atomic mass is 32.2. The van der Waals surface area contributed by atoms with E-state index in [1.807, 2.05) is 0 Å². The molecule has 0 saturated heterocycles. The molecule has 0 aliphatic heterocycles. The van der Waals surface area contributed by atoms with Gasteiger partial charge in [0.2, 0.25) is 16.9 Å². The highest BCUT2D eigenvalue weighted by molar-refractivity contribution is 7.99. The normalized spacial score (nSPS) is 10.7. The van der Waals surface area contributed by atoms with Crippen LogP contribution in [0.15, 0.2) is 52.2 Å². The third-order valence-corrected chi connectivity index (χ3v) is 3.79. The van der Waals surface area contributed by atoms with Gasteiger partial charge in [0.25, 0.3) is 0 Å². The van der Waals surface area contributed by atoms with Crippen molar-refractivity contribution in [3.63, 3.8) is 0 Å². The van der Waals surface area contributed by atoms with Gasteiger partial charge in [-0.05, 0) is 30.3 Å². The second-order valence-electron chi connectivity index (χ2n) is 4.50. The van der Waals surface area contributed by atoms with Gasteiger partial charge in [-0.3, -0.25) is 4.79 Å². The van der Waals surface area contributed by atoms with E-state index in [0.29, 0.717) is 22.4 Å². The Labute approximate surface area is 134 Å². The van der Waals surface area contributed by atoms with Crippen molar-refractivity contribution >= 4 is 23.4 Å². The fraction of sp³-hybridized carbons (Fsp3) is 0.0714. The number of amides is 1. The Bertz CT molecular complexity index is 818. The number of nitrogen functional groups attached to an aromatic ring is 1. The number of hydrogen-bond donors (Lipinski definition) is 2. The van der Waals surface area contributed by atoms with Gasteiger partial charge < -0.3 is 15.6 Å². The lowest BCUT2D eigenvalue weighted by Gasteiger charge is -2.05. The van der Waals surface area contributed by atoms with Crippen molar-refractivity contribution < 1.29 is 13.6 Å². The zero-order valence-corrected chi connectivity index (χ0v) is 12.6. The van der Waals surface area contributed by atoms with Crippen molar-refractivity contribution in [2.24, 2.45) is 0 Å². The molecular weight excluding hydrogens is 321 g/mol. The fourth-order valence-electron chi connectivity index (χ4n) is 1.84. The van der Waals surface area contributed by atoms with Crippen molar-refractivity contribution in [1.29, 1.82) is 0 Å². The second kappa shape index (κ2) is 6.53. The molecule has 0 aliphatic carbocycles. The van der Waals surface area contributed by atoms with E-state index in [1.54, 1.807) is 18.2 Å². The number of carbonyl (C=O) groups is 1. The van der Waals surface area contributed by atoms with Crippen LogP contribution in [0.2, 0.25) is 0 Å². The standard InChI is InChI=1S/C14H12FN5O2S/c15-9-3-1-4-10(7-9)17-12(21)8-23-14-19-18-13(20(14)16)11-5-2-6-22-11/h1-7H,8,16H2,(H,17,21). The van der Waals surface area contributed by atoms with E-state index < -0.39 is 5.82 Å². The molecule has 1 aromatic carbocycles. The number of hydrogen-bond acceptors (Lipinski definition) is 6. The van der Waals surface area contributed by atoms with Gasteiger partial charge in [-0.15, -0.1) is 10.2 Å². The minimum atomic E-state index is -0.416. The smallest absolute Gasteiger partial charge is 0.234 e. The number of nitrogens with one attached hydrogen (secondary N) is 1. The lowest BCUT2D eigenvalue weighted by molar-refractivity contribution is -0.113. The van der Waals surface area contributed by atoms with Gasteiger partial charge in [0, 0.05) is 5.69 Å². The molecule has 7 nitrogen and oxygen atoms in total. The zero-order chi connectivity index (χ0) is 16.2. The summed E-state index contributed by atoms with van der Waals surface area (Å²) in [5.74, 6) is 6.07. The third kappa shape index (κ3) is 3.51. The van der Waals surface area contributed by atoms with Crippen LogP contribution in [-0.2, 0) is 4.79 Å². The fourth-order valence-corrected chi connectivity index (χ4v) is 2.50. The molecule has 0 atom stereocenters. The number of furan rings is 1. The number of rotatable bonds is 5. The molecule has 1 amide bonds. The number of aromatic nitrogens is 3. The van der Waals surface area contributed by atoms with Crippen molar-refractivity contribution in [2.45, 2.75) is 5.16 Å². The van der Waals surface area contributed by atoms with Crippen LogP contribution < -0.4 is 11.2 Å². The summed E-state index contributed by atoms with van der Waals surface area (Å²) in [7, 11) is 0. The summed E-state index contributed by atoms with van der Waals surface area (Å²) in [6.45, 7) is 0. The predicted octanol–water partition coefficient (Wildman–Crippen LogP) is 2.12. The molecule has 3 aromatic rings. The van der Waals surface area contributed by atoms with Gasteiger partial charge in [0.05, 0.1) is 12.0 Å². The van der Waals surface area contributed by atoms with E-state index in [1.165, 1.54) is 29.1 Å². The van der Waals surface area contributed by atoms with Crippen LogP contribution in [0.3, 0.4) is 0 Å². The summed E-state index contributed by atoms with van der Waals surface area (Å²) in [5.41, 5.74) is 0.390. The first-order valence-corrected chi connectivity index (χ1v) is 7.54. The Balaban J connectivity index is 1.61. The van der Waals surface area contributed by atoms with Crippen molar-refractivity contribution in [3.8, 4) is 11.6 Å². The van der Waals surface area contributed by atoms with Crippen LogP contribution in [-0.4, -0.2) is 26.5 Å². The molecule has 0 bridgehead atoms. The van der Waals surface area contributed by atoms with Crippen LogP contribution in [0.1, 0.15) is 0 Å². The van der Waals surface area contributed by atoms with E-state index in [-0.39, 0.29) is 11.7 Å². The maximum absolute atomic E-state index is 13.1. The van der Waals surface area contributed by atoms with E-state index in [4.69, 9.17) is 10.3 Å². The summed E-state index contributed by atoms with van der Waals surface area (Å²) in [6, 6.07) is 9.08. The summed E-state index contributed by atoms with van der Waals surface area (Å²) < 4.78 is 19.5. The van der Waals surface area contributed by atoms with E-state index >= 15 is 0 Å². The maximum Gasteiger partial charge on any atom is 0.234 e. The molecule has 0 unspecified atom stereocenters. The molecule has 3 rings (SSSR count). The average Bonchev–Trinajstić information content (AvgIpc) is 3.15. The van der Waals surface area contributed by atoms with Crippen molar-refractivity contribution in [2.75, 3.05) is 16.9 Å². The highest BCUT2D eigenvalue weighted by Gasteiger charge is 2.15. The quantitative estimate of drug-likeness (QED) is 0.548. The molecule has 0 aliphatic rings. The first kappa shape index (κ1) is 15.1. The maximum atomic E-state index is 13.1. The summed E-state index contributed by atoms with van der Waals surface area (Å²) >= 11 is 1.11. The second-order valence-corrected chi connectivity index (χ2v) is 5.44. The Morgan fingerprint density at radius 3 is 2.96 bits per heavy atom. The first-order chi connectivity index (χ1) is 11.1. The highest BCUT2D eigenvalue weighted by Crippen LogP contribution is 2.22. The van der Waals surface area contributed by atoms with Gasteiger partial charge >= 0.3 is 0 Å². The zero-order valence-electron chi connectivity index (χ0n) is 11.8. The van der Waals surface area contributed by atoms with Crippen LogP contribution in [0, 0.1) is 5.82 Å². The Morgan fingerprint density at radius 1 is 1.35 bits per heavy atom. The topological polar surface area (TPSA) is 99.0 Å². The molecule has 23 heavy (non-hydrogen) atoms. The number of carbonyl (C=O) groups excluding carboxylic acids is 1. The van der Waals surface area contributed by atoms with Gasteiger partial charge in [-0.2, -0.15) is 0 Å². The number of benzene rings is 1. The number of nitrogens with two attached hydrogens (primary N) is 1. The summed E-state index contributed by atoms with van der Waals surface area (Å²) in [5, 5.41) is 10.8. The average molecular weight is 333 g/mol. The van der Waals surface area contributed by atoms with Gasteiger partial charge in [-0.25, -0.2) is 9.07 Å².